The van der Waals surface area contributed by atoms with Gasteiger partial charge in [0.05, 0.1) is 22.8 Å². The van der Waals surface area contributed by atoms with Crippen molar-refractivity contribution in [1.29, 1.82) is 0 Å². The van der Waals surface area contributed by atoms with Gasteiger partial charge in [0.2, 0.25) is 5.91 Å². The number of alkyl halides is 1. The molecule has 0 unspecified atom stereocenters. The molecule has 8 heteroatoms. The second-order valence-electron chi connectivity index (χ2n) is 15.9. The molecule has 1 amide bonds. The first-order valence-electron chi connectivity index (χ1n) is 20.1. The van der Waals surface area contributed by atoms with Crippen LogP contribution in [0.3, 0.4) is 0 Å². The molecule has 5 heterocycles. The van der Waals surface area contributed by atoms with Crippen molar-refractivity contribution in [2.75, 3.05) is 16.9 Å². The zero-order valence-corrected chi connectivity index (χ0v) is 35.3. The van der Waals surface area contributed by atoms with E-state index in [2.05, 4.69) is 142 Å². The predicted molar refractivity (Wildman–Crippen MR) is 253 cm³/mol. The Kier molecular flexibility index (Phi) is 9.85. The highest BCUT2D eigenvalue weighted by atomic mass is 35.5. The monoisotopic (exact) mass is 804 g/mol. The average molecular weight is 805 g/mol. The Balaban J connectivity index is 1.46. The standard InChI is InChI=1S/C52H45ClN6O/c1-28-23-30(3)47(31(4)24-28)51-42-19-15-38(56-42)49(34-7-11-36(54)12-8-34)39-16-20-43(57-39)52(48-32(5)25-29(2)26-33(48)6)45-22-18-41(59-45)50(40-17-21-44(51)58-40)35-9-13-37(14-10-35)55-46(60)27-53/h7-26,56,59H,27,54H2,1-6H3,(H,55,60). The fourth-order valence-corrected chi connectivity index (χ4v) is 9.12. The second-order valence-corrected chi connectivity index (χ2v) is 16.2. The van der Waals surface area contributed by atoms with Gasteiger partial charge in [-0.2, -0.15) is 0 Å². The van der Waals surface area contributed by atoms with Gasteiger partial charge in [0.25, 0.3) is 0 Å². The fraction of sp³-hybridized carbons (Fsp3) is 0.135. The number of amides is 1. The number of anilines is 2. The summed E-state index contributed by atoms with van der Waals surface area (Å²) in [5, 5.41) is 2.87. The minimum atomic E-state index is -0.261. The number of aromatic amines is 2. The average Bonchev–Trinajstić information content (AvgIpc) is 4.05. The van der Waals surface area contributed by atoms with Gasteiger partial charge in [0.1, 0.15) is 5.88 Å². The number of carbonyl (C=O) groups is 1. The van der Waals surface area contributed by atoms with E-state index in [-0.39, 0.29) is 11.8 Å². The van der Waals surface area contributed by atoms with Crippen molar-refractivity contribution >= 4 is 75.3 Å². The predicted octanol–water partition coefficient (Wildman–Crippen LogP) is 12.9. The normalized spacial score (nSPS) is 12.0. The lowest BCUT2D eigenvalue weighted by Gasteiger charge is -2.13. The van der Waals surface area contributed by atoms with E-state index in [0.717, 1.165) is 89.4 Å². The molecule has 7 nitrogen and oxygen atoms in total. The van der Waals surface area contributed by atoms with Crippen LogP contribution < -0.4 is 11.1 Å². The molecule has 0 atom stereocenters. The van der Waals surface area contributed by atoms with E-state index in [1.165, 1.54) is 33.4 Å². The minimum Gasteiger partial charge on any atom is -0.399 e. The maximum absolute atomic E-state index is 12.2. The molecule has 296 valence electrons. The third-order valence-corrected chi connectivity index (χ3v) is 11.6. The first-order chi connectivity index (χ1) is 28.9. The Hall–Kier alpha value is -6.96. The van der Waals surface area contributed by atoms with Gasteiger partial charge in [-0.05, 0) is 159 Å². The summed E-state index contributed by atoms with van der Waals surface area (Å²) < 4.78 is 0. The number of carbonyl (C=O) groups excluding carboxylic acids is 1. The van der Waals surface area contributed by atoms with Gasteiger partial charge >= 0.3 is 0 Å². The van der Waals surface area contributed by atoms with Crippen LogP contribution in [-0.4, -0.2) is 31.7 Å². The molecule has 5 N–H and O–H groups in total. The highest BCUT2D eigenvalue weighted by molar-refractivity contribution is 6.29. The van der Waals surface area contributed by atoms with Crippen molar-refractivity contribution in [2.45, 2.75) is 41.5 Å². The highest BCUT2D eigenvalue weighted by Gasteiger charge is 2.21. The van der Waals surface area contributed by atoms with Gasteiger partial charge in [-0.3, -0.25) is 4.79 Å². The number of H-pyrrole nitrogens is 2. The summed E-state index contributed by atoms with van der Waals surface area (Å²) in [6.45, 7) is 13.0. The van der Waals surface area contributed by atoms with E-state index in [0.29, 0.717) is 11.4 Å². The SMILES string of the molecule is Cc1cc(C)c(-c2c3nc(c(-c4ccc(NC(=O)CCl)cc4)c4ccc([nH]4)c(-c4c(C)cc(C)cc4C)c4nc(c(-c5ccc(N)cc5)c5ccc2[nH]5)C=C4)C=C3)c(C)c1. The molecule has 0 saturated carbocycles. The number of nitrogens with zero attached hydrogens (tertiary/aromatic N) is 2. The molecule has 8 bridgehead atoms. The molecule has 2 aliphatic heterocycles. The van der Waals surface area contributed by atoms with Crippen molar-refractivity contribution in [3.63, 3.8) is 0 Å². The third kappa shape index (κ3) is 7.01. The zero-order chi connectivity index (χ0) is 41.8. The maximum Gasteiger partial charge on any atom is 0.239 e. The van der Waals surface area contributed by atoms with Gasteiger partial charge in [0, 0.05) is 55.7 Å². The molecule has 2 aliphatic rings. The summed E-state index contributed by atoms with van der Waals surface area (Å²) in [5.74, 6) is -0.382. The number of hydrogen-bond donors (Lipinski definition) is 4. The molecule has 0 saturated heterocycles. The molecule has 60 heavy (non-hydrogen) atoms. The van der Waals surface area contributed by atoms with Crippen LogP contribution in [0.15, 0.2) is 97.1 Å². The van der Waals surface area contributed by atoms with Gasteiger partial charge in [-0.25, -0.2) is 9.97 Å². The number of hydrogen-bond acceptors (Lipinski definition) is 4. The molecule has 9 rings (SSSR count). The lowest BCUT2D eigenvalue weighted by Crippen LogP contribution is -2.12. The Morgan fingerprint density at radius 2 is 0.867 bits per heavy atom. The van der Waals surface area contributed by atoms with Crippen LogP contribution >= 0.6 is 11.6 Å². The number of fused-ring (bicyclic) bond motifs is 8. The zero-order valence-electron chi connectivity index (χ0n) is 34.5. The Morgan fingerprint density at radius 3 is 1.25 bits per heavy atom. The Labute approximate surface area is 354 Å². The molecular formula is C52H45ClN6O. The second kappa shape index (κ2) is 15.3. The smallest absolute Gasteiger partial charge is 0.239 e. The van der Waals surface area contributed by atoms with Gasteiger partial charge in [-0.15, -0.1) is 11.6 Å². The molecule has 0 fully saturated rings. The molecule has 3 aromatic heterocycles. The van der Waals surface area contributed by atoms with Crippen molar-refractivity contribution in [2.24, 2.45) is 0 Å². The third-order valence-electron chi connectivity index (χ3n) is 11.4. The van der Waals surface area contributed by atoms with Gasteiger partial charge in [0.15, 0.2) is 0 Å². The fourth-order valence-electron chi connectivity index (χ4n) is 9.05. The summed E-state index contributed by atoms with van der Waals surface area (Å²) >= 11 is 5.82. The van der Waals surface area contributed by atoms with E-state index in [4.69, 9.17) is 27.3 Å². The van der Waals surface area contributed by atoms with Gasteiger partial charge in [-0.1, -0.05) is 59.7 Å². The lowest BCUT2D eigenvalue weighted by molar-refractivity contribution is -0.113. The summed E-state index contributed by atoms with van der Waals surface area (Å²) in [7, 11) is 0. The number of aromatic nitrogens is 4. The van der Waals surface area contributed by atoms with Crippen molar-refractivity contribution in [3.8, 4) is 44.5 Å². The summed E-state index contributed by atoms with van der Waals surface area (Å²) in [4.78, 5) is 30.9. The van der Waals surface area contributed by atoms with E-state index in [9.17, 15) is 4.79 Å². The molecular weight excluding hydrogens is 760 g/mol. The van der Waals surface area contributed by atoms with Crippen molar-refractivity contribution in [1.82, 2.24) is 19.9 Å². The molecule has 0 spiro atoms. The highest BCUT2D eigenvalue weighted by Crippen LogP contribution is 2.41. The van der Waals surface area contributed by atoms with Crippen LogP contribution in [0.1, 0.15) is 56.2 Å². The van der Waals surface area contributed by atoms with Crippen LogP contribution in [-0.2, 0) is 4.79 Å². The van der Waals surface area contributed by atoms with Gasteiger partial charge < -0.3 is 21.0 Å². The number of halogens is 1. The van der Waals surface area contributed by atoms with E-state index in [1.807, 2.05) is 36.4 Å². The van der Waals surface area contributed by atoms with E-state index >= 15 is 0 Å². The number of nitrogens with two attached hydrogens (primary N) is 1. The Morgan fingerprint density at radius 1 is 0.517 bits per heavy atom. The summed E-state index contributed by atoms with van der Waals surface area (Å²) in [6.07, 6.45) is 8.47. The molecule has 0 aliphatic carbocycles. The number of benzene rings is 4. The molecule has 0 radical (unpaired) electrons. The molecule has 7 aromatic rings. The van der Waals surface area contributed by atoms with Crippen LogP contribution in [0.25, 0.3) is 90.9 Å². The first-order valence-corrected chi connectivity index (χ1v) is 20.6. The summed E-state index contributed by atoms with van der Waals surface area (Å²) in [6, 6.07) is 33.3. The largest absolute Gasteiger partial charge is 0.399 e. The lowest BCUT2D eigenvalue weighted by atomic mass is 9.92. The van der Waals surface area contributed by atoms with Crippen LogP contribution in [0.4, 0.5) is 11.4 Å². The van der Waals surface area contributed by atoms with E-state index in [1.54, 1.807) is 0 Å². The Bertz CT molecular complexity index is 3030. The van der Waals surface area contributed by atoms with Crippen LogP contribution in [0.5, 0.6) is 0 Å². The number of nitrogen functional groups attached to an aromatic ring is 1. The minimum absolute atomic E-state index is 0.120. The maximum atomic E-state index is 12.2. The quantitative estimate of drug-likeness (QED) is 0.0990. The van der Waals surface area contributed by atoms with Crippen molar-refractivity contribution in [3.05, 3.63) is 153 Å². The topological polar surface area (TPSA) is 112 Å². The number of aryl methyl sites for hydroxylation is 6. The molecule has 4 aromatic carbocycles. The van der Waals surface area contributed by atoms with E-state index < -0.39 is 0 Å². The first kappa shape index (κ1) is 38.6. The van der Waals surface area contributed by atoms with Crippen molar-refractivity contribution < 1.29 is 4.79 Å². The van der Waals surface area contributed by atoms with Crippen LogP contribution in [0, 0.1) is 41.5 Å². The number of nitrogens with one attached hydrogen (secondary N) is 3. The van der Waals surface area contributed by atoms with Crippen LogP contribution in [0.2, 0.25) is 0 Å². The number of rotatable bonds is 6. The summed E-state index contributed by atoms with van der Waals surface area (Å²) in [5.41, 5.74) is 29.8.